The highest BCUT2D eigenvalue weighted by Crippen LogP contribution is 2.13. The minimum absolute atomic E-state index is 0.138. The summed E-state index contributed by atoms with van der Waals surface area (Å²) in [5.41, 5.74) is 1.09. The van der Waals surface area contributed by atoms with Crippen molar-refractivity contribution in [3.8, 4) is 0 Å². The maximum atomic E-state index is 12.2. The van der Waals surface area contributed by atoms with E-state index >= 15 is 0 Å². The second kappa shape index (κ2) is 7.39. The fourth-order valence-corrected chi connectivity index (χ4v) is 3.25. The number of anilines is 1. The third-order valence-electron chi connectivity index (χ3n) is 3.43. The molecule has 0 aliphatic carbocycles. The number of hydrogen-bond acceptors (Lipinski definition) is 3. The average molecular weight is 332 g/mol. The maximum Gasteiger partial charge on any atom is 0.255 e. The summed E-state index contributed by atoms with van der Waals surface area (Å²) in [6.07, 6.45) is 0.705. The van der Waals surface area contributed by atoms with Crippen LogP contribution in [0, 0.1) is 0 Å². The molecule has 1 amide bonds. The van der Waals surface area contributed by atoms with Crippen LogP contribution in [0.4, 0.5) is 5.69 Å². The Labute approximate surface area is 136 Å². The molecule has 0 radical (unpaired) electrons. The number of benzene rings is 2. The Morgan fingerprint density at radius 1 is 1.04 bits per heavy atom. The van der Waals surface area contributed by atoms with Crippen LogP contribution in [0.25, 0.3) is 0 Å². The topological polar surface area (TPSA) is 75.3 Å². The predicted octanol–water partition coefficient (Wildman–Crippen LogP) is 3.02. The average Bonchev–Trinajstić information content (AvgIpc) is 2.55. The van der Waals surface area contributed by atoms with E-state index in [0.717, 1.165) is 0 Å². The number of carbonyl (C=O) groups is 1. The molecule has 0 spiro atoms. The lowest BCUT2D eigenvalue weighted by molar-refractivity contribution is 0.102. The van der Waals surface area contributed by atoms with Crippen molar-refractivity contribution in [2.45, 2.75) is 31.2 Å². The van der Waals surface area contributed by atoms with E-state index in [1.54, 1.807) is 19.1 Å². The second-order valence-electron chi connectivity index (χ2n) is 5.28. The van der Waals surface area contributed by atoms with E-state index < -0.39 is 10.0 Å². The van der Waals surface area contributed by atoms with Gasteiger partial charge in [-0.3, -0.25) is 4.79 Å². The smallest absolute Gasteiger partial charge is 0.255 e. The highest BCUT2D eigenvalue weighted by Gasteiger charge is 2.17. The van der Waals surface area contributed by atoms with Crippen molar-refractivity contribution in [3.63, 3.8) is 0 Å². The monoisotopic (exact) mass is 332 g/mol. The van der Waals surface area contributed by atoms with Gasteiger partial charge in [0.1, 0.15) is 0 Å². The zero-order valence-corrected chi connectivity index (χ0v) is 13.9. The second-order valence-corrected chi connectivity index (χ2v) is 6.99. The van der Waals surface area contributed by atoms with Crippen molar-refractivity contribution in [1.82, 2.24) is 4.72 Å². The van der Waals surface area contributed by atoms with Crippen LogP contribution in [0.2, 0.25) is 0 Å². The zero-order valence-electron chi connectivity index (χ0n) is 13.1. The first-order valence-electron chi connectivity index (χ1n) is 7.41. The molecule has 2 rings (SSSR count). The molecule has 2 N–H and O–H groups in total. The number of nitrogens with one attached hydrogen (secondary N) is 2. The standard InChI is InChI=1S/C17H20N2O3S/c1-3-13(2)19-23(21,22)16-11-9-14(10-12-16)17(20)18-15-7-5-4-6-8-15/h4-13,19H,3H2,1-2H3,(H,18,20)/t13-/m0/s1. The Morgan fingerprint density at radius 2 is 1.65 bits per heavy atom. The molecule has 23 heavy (non-hydrogen) atoms. The molecule has 0 saturated carbocycles. The van der Waals surface area contributed by atoms with E-state index in [-0.39, 0.29) is 16.8 Å². The van der Waals surface area contributed by atoms with E-state index in [1.807, 2.05) is 25.1 Å². The molecular weight excluding hydrogens is 312 g/mol. The maximum absolute atomic E-state index is 12.2. The molecule has 5 nitrogen and oxygen atoms in total. The Balaban J connectivity index is 2.11. The van der Waals surface area contributed by atoms with Gasteiger partial charge in [0, 0.05) is 17.3 Å². The number of sulfonamides is 1. The molecular formula is C17H20N2O3S. The first-order chi connectivity index (χ1) is 10.9. The number of amides is 1. The minimum Gasteiger partial charge on any atom is -0.322 e. The van der Waals surface area contributed by atoms with Crippen LogP contribution < -0.4 is 10.0 Å². The first-order valence-corrected chi connectivity index (χ1v) is 8.89. The van der Waals surface area contributed by atoms with Crippen LogP contribution in [0.15, 0.2) is 59.5 Å². The van der Waals surface area contributed by atoms with Crippen molar-refractivity contribution in [2.24, 2.45) is 0 Å². The van der Waals surface area contributed by atoms with Gasteiger partial charge in [-0.1, -0.05) is 25.1 Å². The van der Waals surface area contributed by atoms with Crippen molar-refractivity contribution >= 4 is 21.6 Å². The van der Waals surface area contributed by atoms with Crippen molar-refractivity contribution in [1.29, 1.82) is 0 Å². The summed E-state index contributed by atoms with van der Waals surface area (Å²) in [4.78, 5) is 12.3. The van der Waals surface area contributed by atoms with Crippen molar-refractivity contribution < 1.29 is 13.2 Å². The van der Waals surface area contributed by atoms with E-state index in [1.165, 1.54) is 24.3 Å². The van der Waals surface area contributed by atoms with Crippen LogP contribution >= 0.6 is 0 Å². The molecule has 122 valence electrons. The van der Waals surface area contributed by atoms with Crippen LogP contribution in [0.1, 0.15) is 30.6 Å². The molecule has 0 aliphatic rings. The molecule has 1 atom stereocenters. The SMILES string of the molecule is CC[C@H](C)NS(=O)(=O)c1ccc(C(=O)Nc2ccccc2)cc1. The molecule has 2 aromatic carbocycles. The van der Waals surface area contributed by atoms with Gasteiger partial charge >= 0.3 is 0 Å². The van der Waals surface area contributed by atoms with Gasteiger partial charge in [0.15, 0.2) is 0 Å². The van der Waals surface area contributed by atoms with Crippen molar-refractivity contribution in [3.05, 3.63) is 60.2 Å². The van der Waals surface area contributed by atoms with Crippen LogP contribution in [0.5, 0.6) is 0 Å². The molecule has 0 aliphatic heterocycles. The first kappa shape index (κ1) is 17.2. The summed E-state index contributed by atoms with van der Waals surface area (Å²) < 4.78 is 26.9. The summed E-state index contributed by atoms with van der Waals surface area (Å²) in [5, 5.41) is 2.75. The lowest BCUT2D eigenvalue weighted by atomic mass is 10.2. The summed E-state index contributed by atoms with van der Waals surface area (Å²) in [6.45, 7) is 3.71. The molecule has 0 fully saturated rings. The third-order valence-corrected chi connectivity index (χ3v) is 5.03. The highest BCUT2D eigenvalue weighted by molar-refractivity contribution is 7.89. The lowest BCUT2D eigenvalue weighted by Gasteiger charge is -2.12. The van der Waals surface area contributed by atoms with Gasteiger partial charge in [-0.2, -0.15) is 0 Å². The molecule has 2 aromatic rings. The normalized spacial score (nSPS) is 12.6. The van der Waals surface area contributed by atoms with Gasteiger partial charge in [-0.15, -0.1) is 0 Å². The number of carbonyl (C=O) groups excluding carboxylic acids is 1. The van der Waals surface area contributed by atoms with Gasteiger partial charge < -0.3 is 5.32 Å². The Morgan fingerprint density at radius 3 is 2.22 bits per heavy atom. The zero-order chi connectivity index (χ0) is 16.9. The molecule has 6 heteroatoms. The van der Waals surface area contributed by atoms with E-state index in [2.05, 4.69) is 10.0 Å². The quantitative estimate of drug-likeness (QED) is 0.854. The fourth-order valence-electron chi connectivity index (χ4n) is 1.93. The lowest BCUT2D eigenvalue weighted by Crippen LogP contribution is -2.32. The largest absolute Gasteiger partial charge is 0.322 e. The minimum atomic E-state index is -3.55. The number of para-hydroxylation sites is 1. The van der Waals surface area contributed by atoms with Crippen LogP contribution in [-0.4, -0.2) is 20.4 Å². The highest BCUT2D eigenvalue weighted by atomic mass is 32.2. The Kier molecular flexibility index (Phi) is 5.52. The predicted molar refractivity (Wildman–Crippen MR) is 90.9 cm³/mol. The number of hydrogen-bond donors (Lipinski definition) is 2. The van der Waals surface area contributed by atoms with Gasteiger partial charge in [0.25, 0.3) is 5.91 Å². The fraction of sp³-hybridized carbons (Fsp3) is 0.235. The third kappa shape index (κ3) is 4.64. The molecule has 0 heterocycles. The van der Waals surface area contributed by atoms with Gasteiger partial charge in [0.2, 0.25) is 10.0 Å². The van der Waals surface area contributed by atoms with Crippen LogP contribution in [0.3, 0.4) is 0 Å². The van der Waals surface area contributed by atoms with Gasteiger partial charge in [0.05, 0.1) is 4.90 Å². The van der Waals surface area contributed by atoms with Gasteiger partial charge in [-0.25, -0.2) is 13.1 Å². The summed E-state index contributed by atoms with van der Waals surface area (Å²) in [5.74, 6) is -0.282. The number of rotatable bonds is 6. The van der Waals surface area contributed by atoms with E-state index in [0.29, 0.717) is 17.7 Å². The van der Waals surface area contributed by atoms with Crippen LogP contribution in [-0.2, 0) is 10.0 Å². The molecule has 0 aromatic heterocycles. The molecule has 0 unspecified atom stereocenters. The van der Waals surface area contributed by atoms with E-state index in [9.17, 15) is 13.2 Å². The summed E-state index contributed by atoms with van der Waals surface area (Å²) in [6, 6.07) is 14.8. The van der Waals surface area contributed by atoms with E-state index in [4.69, 9.17) is 0 Å². The molecule has 0 bridgehead atoms. The Hall–Kier alpha value is -2.18. The van der Waals surface area contributed by atoms with Gasteiger partial charge in [-0.05, 0) is 49.7 Å². The van der Waals surface area contributed by atoms with Crippen molar-refractivity contribution in [2.75, 3.05) is 5.32 Å². The molecule has 0 saturated heterocycles. The summed E-state index contributed by atoms with van der Waals surface area (Å²) in [7, 11) is -3.55. The Bertz CT molecular complexity index is 756. The summed E-state index contributed by atoms with van der Waals surface area (Å²) >= 11 is 0.